The van der Waals surface area contributed by atoms with Gasteiger partial charge in [-0.05, 0) is 42.7 Å². The number of hydrogen-bond donors (Lipinski definition) is 3. The van der Waals surface area contributed by atoms with Crippen molar-refractivity contribution < 1.29 is 22.8 Å². The first-order valence-corrected chi connectivity index (χ1v) is 9.43. The average molecular weight is 364 g/mol. The molecule has 1 aliphatic heterocycles. The largest absolute Gasteiger partial charge is 0.489 e. The molecular formula is C17H20N2O5S. The first kappa shape index (κ1) is 17.8. The Kier molecular flexibility index (Phi) is 5.33. The molecule has 3 N–H and O–H groups in total. The Morgan fingerprint density at radius 3 is 2.92 bits per heavy atom. The van der Waals surface area contributed by atoms with Gasteiger partial charge in [-0.3, -0.25) is 9.54 Å². The second kappa shape index (κ2) is 7.49. The molecule has 0 saturated carbocycles. The molecule has 0 aliphatic carbocycles. The van der Waals surface area contributed by atoms with E-state index in [0.717, 1.165) is 17.5 Å². The highest BCUT2D eigenvalue weighted by Gasteiger charge is 2.22. The first-order chi connectivity index (χ1) is 11.9. The number of rotatable bonds is 6. The smallest absolute Gasteiger partial charge is 0.294 e. The van der Waals surface area contributed by atoms with Crippen LogP contribution < -0.4 is 10.1 Å². The third-order valence-electron chi connectivity index (χ3n) is 4.14. The van der Waals surface area contributed by atoms with Crippen molar-refractivity contribution in [3.8, 4) is 5.75 Å². The molecule has 1 aromatic heterocycles. The average Bonchev–Trinajstić information content (AvgIpc) is 2.61. The van der Waals surface area contributed by atoms with Gasteiger partial charge in [-0.1, -0.05) is 6.07 Å². The van der Waals surface area contributed by atoms with Crippen molar-refractivity contribution in [2.24, 2.45) is 0 Å². The van der Waals surface area contributed by atoms with Gasteiger partial charge in [0.1, 0.15) is 11.9 Å². The van der Waals surface area contributed by atoms with E-state index in [9.17, 15) is 13.5 Å². The predicted molar refractivity (Wildman–Crippen MR) is 91.1 cm³/mol. The van der Waals surface area contributed by atoms with Gasteiger partial charge in [0.05, 0.1) is 11.0 Å². The SMILES string of the molecule is O=S(=O)(O)c1ccc2c(c1)CC[C@H](CNCC(O)c1cccnc1)O2. The van der Waals surface area contributed by atoms with Crippen LogP contribution in [0.25, 0.3) is 0 Å². The van der Waals surface area contributed by atoms with Gasteiger partial charge in [-0.2, -0.15) is 8.42 Å². The molecule has 0 bridgehead atoms. The number of benzene rings is 1. The molecule has 2 heterocycles. The van der Waals surface area contributed by atoms with E-state index in [0.29, 0.717) is 25.3 Å². The van der Waals surface area contributed by atoms with Crippen LogP contribution in [0.5, 0.6) is 5.75 Å². The molecule has 0 fully saturated rings. The highest BCUT2D eigenvalue weighted by Crippen LogP contribution is 2.29. The molecule has 0 radical (unpaired) electrons. The Morgan fingerprint density at radius 2 is 2.20 bits per heavy atom. The fourth-order valence-electron chi connectivity index (χ4n) is 2.80. The van der Waals surface area contributed by atoms with Crippen molar-refractivity contribution >= 4 is 10.1 Å². The summed E-state index contributed by atoms with van der Waals surface area (Å²) in [6.45, 7) is 0.955. The van der Waals surface area contributed by atoms with Crippen LogP contribution in [0.2, 0.25) is 0 Å². The zero-order chi connectivity index (χ0) is 17.9. The number of fused-ring (bicyclic) bond motifs is 1. The van der Waals surface area contributed by atoms with Gasteiger partial charge in [0.2, 0.25) is 0 Å². The zero-order valence-corrected chi connectivity index (χ0v) is 14.3. The van der Waals surface area contributed by atoms with Gasteiger partial charge < -0.3 is 15.2 Å². The summed E-state index contributed by atoms with van der Waals surface area (Å²) in [5.41, 5.74) is 1.52. The Labute approximate surface area is 146 Å². The van der Waals surface area contributed by atoms with E-state index in [4.69, 9.17) is 9.29 Å². The lowest BCUT2D eigenvalue weighted by Gasteiger charge is -2.27. The lowest BCUT2D eigenvalue weighted by molar-refractivity contribution is 0.146. The fourth-order valence-corrected chi connectivity index (χ4v) is 3.33. The second-order valence-electron chi connectivity index (χ2n) is 5.98. The van der Waals surface area contributed by atoms with Crippen molar-refractivity contribution in [1.29, 1.82) is 0 Å². The van der Waals surface area contributed by atoms with Crippen LogP contribution in [0, 0.1) is 0 Å². The van der Waals surface area contributed by atoms with Crippen LogP contribution in [0.1, 0.15) is 23.7 Å². The summed E-state index contributed by atoms with van der Waals surface area (Å²) in [4.78, 5) is 3.86. The van der Waals surface area contributed by atoms with Crippen LogP contribution in [0.3, 0.4) is 0 Å². The Morgan fingerprint density at radius 1 is 1.36 bits per heavy atom. The van der Waals surface area contributed by atoms with Gasteiger partial charge in [0, 0.05) is 31.0 Å². The quantitative estimate of drug-likeness (QED) is 0.664. The standard InChI is InChI=1S/C17H20N2O5S/c20-16(13-2-1-7-18-9-13)11-19-10-14-4-3-12-8-15(25(21,22)23)5-6-17(12)24-14/h1-2,5-9,14,16,19-20H,3-4,10-11H2,(H,21,22,23)/t14-,16?/m1/s1. The van der Waals surface area contributed by atoms with E-state index < -0.39 is 16.2 Å². The highest BCUT2D eigenvalue weighted by molar-refractivity contribution is 7.85. The summed E-state index contributed by atoms with van der Waals surface area (Å²) in [5.74, 6) is 0.623. The number of ether oxygens (including phenoxy) is 1. The molecule has 0 saturated heterocycles. The van der Waals surface area contributed by atoms with E-state index in [2.05, 4.69) is 10.3 Å². The third kappa shape index (κ3) is 4.55. The maximum Gasteiger partial charge on any atom is 0.294 e. The lowest BCUT2D eigenvalue weighted by atomic mass is 10.0. The minimum atomic E-state index is -4.20. The minimum Gasteiger partial charge on any atom is -0.489 e. The van der Waals surface area contributed by atoms with Crippen molar-refractivity contribution in [2.45, 2.75) is 29.9 Å². The van der Waals surface area contributed by atoms with E-state index in [1.54, 1.807) is 24.5 Å². The summed E-state index contributed by atoms with van der Waals surface area (Å²) in [7, 11) is -4.20. The van der Waals surface area contributed by atoms with E-state index >= 15 is 0 Å². The van der Waals surface area contributed by atoms with Crippen LogP contribution in [-0.4, -0.2) is 42.3 Å². The van der Waals surface area contributed by atoms with Gasteiger partial charge in [0.15, 0.2) is 0 Å². The molecule has 0 spiro atoms. The third-order valence-corrected chi connectivity index (χ3v) is 4.99. The molecule has 0 amide bonds. The number of nitrogens with zero attached hydrogens (tertiary/aromatic N) is 1. The summed E-state index contributed by atoms with van der Waals surface area (Å²) >= 11 is 0. The van der Waals surface area contributed by atoms with E-state index in [-0.39, 0.29) is 11.0 Å². The maximum atomic E-state index is 11.2. The number of nitrogens with one attached hydrogen (secondary N) is 1. The minimum absolute atomic E-state index is 0.0646. The molecule has 1 aromatic carbocycles. The predicted octanol–water partition coefficient (Wildman–Crippen LogP) is 1.35. The van der Waals surface area contributed by atoms with Crippen molar-refractivity contribution in [2.75, 3.05) is 13.1 Å². The van der Waals surface area contributed by atoms with E-state index in [1.165, 1.54) is 12.1 Å². The molecule has 134 valence electrons. The Bertz CT molecular complexity index is 826. The van der Waals surface area contributed by atoms with Crippen molar-refractivity contribution in [1.82, 2.24) is 10.3 Å². The van der Waals surface area contributed by atoms with Gasteiger partial charge in [0.25, 0.3) is 10.1 Å². The normalized spacial score (nSPS) is 18.2. The number of aliphatic hydroxyl groups is 1. The van der Waals surface area contributed by atoms with Crippen LogP contribution in [0.15, 0.2) is 47.6 Å². The Balaban J connectivity index is 1.53. The summed E-state index contributed by atoms with van der Waals surface area (Å²) in [6.07, 6.45) is 3.97. The molecule has 25 heavy (non-hydrogen) atoms. The first-order valence-electron chi connectivity index (χ1n) is 7.99. The van der Waals surface area contributed by atoms with Gasteiger partial charge >= 0.3 is 0 Å². The second-order valence-corrected chi connectivity index (χ2v) is 7.41. The zero-order valence-electron chi connectivity index (χ0n) is 13.5. The van der Waals surface area contributed by atoms with Crippen molar-refractivity contribution in [3.05, 3.63) is 53.9 Å². The molecule has 7 nitrogen and oxygen atoms in total. The lowest BCUT2D eigenvalue weighted by Crippen LogP contribution is -2.36. The molecule has 8 heteroatoms. The summed E-state index contributed by atoms with van der Waals surface area (Å²) < 4.78 is 37.3. The van der Waals surface area contributed by atoms with Crippen LogP contribution >= 0.6 is 0 Å². The molecule has 1 unspecified atom stereocenters. The highest BCUT2D eigenvalue weighted by atomic mass is 32.2. The van der Waals surface area contributed by atoms with Gasteiger partial charge in [-0.25, -0.2) is 0 Å². The number of hydrogen-bond acceptors (Lipinski definition) is 6. The molecule has 2 atom stereocenters. The number of aliphatic hydroxyl groups excluding tert-OH is 1. The number of aryl methyl sites for hydroxylation is 1. The maximum absolute atomic E-state index is 11.2. The van der Waals surface area contributed by atoms with Crippen LogP contribution in [0.4, 0.5) is 0 Å². The van der Waals surface area contributed by atoms with Crippen LogP contribution in [-0.2, 0) is 16.5 Å². The summed E-state index contributed by atoms with van der Waals surface area (Å²) in [5, 5.41) is 13.3. The topological polar surface area (TPSA) is 109 Å². The van der Waals surface area contributed by atoms with Gasteiger partial charge in [-0.15, -0.1) is 0 Å². The number of aromatic nitrogens is 1. The monoisotopic (exact) mass is 364 g/mol. The van der Waals surface area contributed by atoms with E-state index in [1.807, 2.05) is 6.07 Å². The van der Waals surface area contributed by atoms with Crippen molar-refractivity contribution in [3.63, 3.8) is 0 Å². The fraction of sp³-hybridized carbons (Fsp3) is 0.353. The molecular weight excluding hydrogens is 344 g/mol. The Hall–Kier alpha value is -2.00. The molecule has 2 aromatic rings. The number of pyridine rings is 1. The molecule has 1 aliphatic rings. The summed E-state index contributed by atoms with van der Waals surface area (Å²) in [6, 6.07) is 7.94. The molecule has 3 rings (SSSR count).